The third-order valence-electron chi connectivity index (χ3n) is 13.0. The molecule has 0 radical (unpaired) electrons. The summed E-state index contributed by atoms with van der Waals surface area (Å²) in [6, 6.07) is 76.7. The summed E-state index contributed by atoms with van der Waals surface area (Å²) in [6.45, 7) is 0. The highest BCUT2D eigenvalue weighted by Crippen LogP contribution is 2.63. The van der Waals surface area contributed by atoms with Gasteiger partial charge in [-0.3, -0.25) is 0 Å². The van der Waals surface area contributed by atoms with Crippen LogP contribution in [0.2, 0.25) is 0 Å². The molecule has 11 aromatic rings. The molecule has 0 amide bonds. The number of hydrogen-bond acceptors (Lipinski definition) is 4. The highest BCUT2D eigenvalue weighted by molar-refractivity contribution is 7.25. The van der Waals surface area contributed by atoms with Crippen molar-refractivity contribution in [1.82, 2.24) is 15.0 Å². The number of thiophene rings is 1. The van der Waals surface area contributed by atoms with E-state index < -0.39 is 5.41 Å². The van der Waals surface area contributed by atoms with E-state index in [2.05, 4.69) is 206 Å². The van der Waals surface area contributed by atoms with Crippen molar-refractivity contribution in [2.45, 2.75) is 5.41 Å². The summed E-state index contributed by atoms with van der Waals surface area (Å²) in [5.41, 5.74) is 17.3. The number of fused-ring (bicyclic) bond motifs is 13. The van der Waals surface area contributed by atoms with Crippen molar-refractivity contribution in [3.05, 3.63) is 235 Å². The van der Waals surface area contributed by atoms with Gasteiger partial charge in [-0.2, -0.15) is 0 Å². The lowest BCUT2D eigenvalue weighted by Crippen LogP contribution is -2.25. The molecule has 0 saturated carbocycles. The molecule has 0 N–H and O–H groups in total. The topological polar surface area (TPSA) is 38.7 Å². The number of aromatic nitrogens is 3. The zero-order valence-electron chi connectivity index (χ0n) is 33.5. The van der Waals surface area contributed by atoms with Crippen LogP contribution < -0.4 is 0 Å². The molecule has 9 aromatic carbocycles. The average Bonchev–Trinajstić information content (AvgIpc) is 3.98. The lowest BCUT2D eigenvalue weighted by atomic mass is 9.70. The van der Waals surface area contributed by atoms with Crippen molar-refractivity contribution >= 4 is 31.5 Å². The lowest BCUT2D eigenvalue weighted by Gasteiger charge is -2.30. The number of benzene rings is 9. The smallest absolute Gasteiger partial charge is 0.164 e. The number of nitrogens with zero attached hydrogens (tertiary/aromatic N) is 3. The number of hydrogen-bond donors (Lipinski definition) is 0. The van der Waals surface area contributed by atoms with Crippen LogP contribution in [-0.4, -0.2) is 15.0 Å². The van der Waals surface area contributed by atoms with Crippen molar-refractivity contribution in [3.63, 3.8) is 0 Å². The van der Waals surface area contributed by atoms with Crippen molar-refractivity contribution < 1.29 is 0 Å². The zero-order valence-corrected chi connectivity index (χ0v) is 34.3. The predicted octanol–water partition coefficient (Wildman–Crippen LogP) is 14.9. The van der Waals surface area contributed by atoms with Crippen LogP contribution in [0.4, 0.5) is 0 Å². The van der Waals surface area contributed by atoms with E-state index in [0.29, 0.717) is 17.5 Å². The maximum Gasteiger partial charge on any atom is 0.164 e. The van der Waals surface area contributed by atoms with Gasteiger partial charge in [0.2, 0.25) is 0 Å². The van der Waals surface area contributed by atoms with Gasteiger partial charge < -0.3 is 0 Å². The molecule has 62 heavy (non-hydrogen) atoms. The van der Waals surface area contributed by atoms with Gasteiger partial charge in [0.05, 0.1) is 5.41 Å². The minimum Gasteiger partial charge on any atom is -0.208 e. The van der Waals surface area contributed by atoms with Crippen LogP contribution in [0.3, 0.4) is 0 Å². The van der Waals surface area contributed by atoms with Crippen molar-refractivity contribution in [2.75, 3.05) is 0 Å². The van der Waals surface area contributed by atoms with Gasteiger partial charge in [-0.1, -0.05) is 188 Å². The van der Waals surface area contributed by atoms with Gasteiger partial charge in [0, 0.05) is 36.9 Å². The summed E-state index contributed by atoms with van der Waals surface area (Å²) in [5.74, 6) is 1.92. The van der Waals surface area contributed by atoms with E-state index in [1.165, 1.54) is 75.8 Å². The minimum atomic E-state index is -0.463. The van der Waals surface area contributed by atoms with Crippen LogP contribution in [0.25, 0.3) is 98.8 Å². The van der Waals surface area contributed by atoms with Gasteiger partial charge >= 0.3 is 0 Å². The molecule has 0 unspecified atom stereocenters. The molecule has 0 fully saturated rings. The molecule has 2 aromatic heterocycles. The van der Waals surface area contributed by atoms with Crippen LogP contribution in [-0.2, 0) is 5.41 Å². The molecule has 3 nitrogen and oxygen atoms in total. The summed E-state index contributed by atoms with van der Waals surface area (Å²) in [4.78, 5) is 15.8. The van der Waals surface area contributed by atoms with E-state index in [0.717, 1.165) is 27.8 Å². The van der Waals surface area contributed by atoms with E-state index in [-0.39, 0.29) is 0 Å². The Bertz CT molecular complexity index is 3500. The Morgan fingerprint density at radius 2 is 0.694 bits per heavy atom. The first-order valence-corrected chi connectivity index (χ1v) is 21.9. The third kappa shape index (κ3) is 5.20. The van der Waals surface area contributed by atoms with E-state index >= 15 is 0 Å². The molecule has 0 aliphatic heterocycles. The molecule has 13 rings (SSSR count). The molecule has 2 heterocycles. The van der Waals surface area contributed by atoms with Gasteiger partial charge in [-0.25, -0.2) is 15.0 Å². The van der Waals surface area contributed by atoms with E-state index in [1.807, 2.05) is 17.4 Å². The molecule has 0 saturated heterocycles. The molecular formula is C58H35N3S. The highest BCUT2D eigenvalue weighted by Gasteiger charge is 2.51. The average molecular weight is 806 g/mol. The zero-order chi connectivity index (χ0) is 40.8. The lowest BCUT2D eigenvalue weighted by molar-refractivity contribution is 0.794. The van der Waals surface area contributed by atoms with Crippen molar-refractivity contribution in [3.8, 4) is 78.7 Å². The van der Waals surface area contributed by atoms with Crippen molar-refractivity contribution in [1.29, 1.82) is 0 Å². The van der Waals surface area contributed by atoms with E-state index in [4.69, 9.17) is 15.0 Å². The summed E-state index contributed by atoms with van der Waals surface area (Å²) in [5, 5.41) is 2.59. The Labute approximate surface area is 363 Å². The molecule has 0 atom stereocenters. The van der Waals surface area contributed by atoms with Gasteiger partial charge in [0.1, 0.15) is 0 Å². The monoisotopic (exact) mass is 805 g/mol. The fourth-order valence-corrected chi connectivity index (χ4v) is 11.2. The molecule has 1 spiro atoms. The molecular weight excluding hydrogens is 771 g/mol. The third-order valence-corrected chi connectivity index (χ3v) is 14.1. The first kappa shape index (κ1) is 35.0. The second-order valence-corrected chi connectivity index (χ2v) is 17.4. The van der Waals surface area contributed by atoms with Gasteiger partial charge in [0.25, 0.3) is 0 Å². The Kier molecular flexibility index (Phi) is 7.69. The highest BCUT2D eigenvalue weighted by atomic mass is 32.1. The second-order valence-electron chi connectivity index (χ2n) is 16.3. The largest absolute Gasteiger partial charge is 0.208 e. The minimum absolute atomic E-state index is 0.463. The van der Waals surface area contributed by atoms with Crippen molar-refractivity contribution in [2.24, 2.45) is 0 Å². The SMILES string of the molecule is c1ccc(-c2ccc(-c3nc(-c4ccc(-c5ccc6sc7ccccc7c6c5)cc4)nc(-c4ccc5c(c4)C4(c6ccccc6-c6ccccc64)c4ccccc4-5)n3)cc2)cc1. The van der Waals surface area contributed by atoms with Crippen LogP contribution in [0.5, 0.6) is 0 Å². The van der Waals surface area contributed by atoms with Crippen LogP contribution in [0.1, 0.15) is 22.3 Å². The van der Waals surface area contributed by atoms with Gasteiger partial charge in [-0.05, 0) is 91.0 Å². The molecule has 4 heteroatoms. The van der Waals surface area contributed by atoms with E-state index in [9.17, 15) is 0 Å². The molecule has 2 aliphatic rings. The second kappa shape index (κ2) is 13.6. The van der Waals surface area contributed by atoms with Crippen LogP contribution in [0.15, 0.2) is 212 Å². The fraction of sp³-hybridized carbons (Fsp3) is 0.0172. The van der Waals surface area contributed by atoms with Crippen LogP contribution in [0, 0.1) is 0 Å². The summed E-state index contributed by atoms with van der Waals surface area (Å²) < 4.78 is 2.61. The Morgan fingerprint density at radius 1 is 0.274 bits per heavy atom. The quantitative estimate of drug-likeness (QED) is 0.174. The standard InChI is InChI=1S/C58H35N3S/c1-2-12-36(13-3-1)37-22-26-39(27-23-37)55-59-56(40-28-24-38(25-29-40)41-31-33-54-48(34-41)47-17-7-11-21-53(47)62-54)61-57(60-55)42-30-32-46-45-16-6-10-20-51(45)58(52(46)35-42)49-18-8-4-14-43(49)44-15-5-9-19-50(44)58/h1-35H. The van der Waals surface area contributed by atoms with Crippen LogP contribution >= 0.6 is 11.3 Å². The maximum absolute atomic E-state index is 5.29. The predicted molar refractivity (Wildman–Crippen MR) is 256 cm³/mol. The first-order valence-electron chi connectivity index (χ1n) is 21.1. The molecule has 0 bridgehead atoms. The maximum atomic E-state index is 5.29. The first-order chi connectivity index (χ1) is 30.7. The Hall–Kier alpha value is -7.79. The summed E-state index contributed by atoms with van der Waals surface area (Å²) >= 11 is 1.84. The summed E-state index contributed by atoms with van der Waals surface area (Å²) in [7, 11) is 0. The molecule has 2 aliphatic carbocycles. The summed E-state index contributed by atoms with van der Waals surface area (Å²) in [6.07, 6.45) is 0. The van der Waals surface area contributed by atoms with E-state index in [1.54, 1.807) is 0 Å². The Balaban J connectivity index is 0.967. The molecule has 288 valence electrons. The van der Waals surface area contributed by atoms with Gasteiger partial charge in [-0.15, -0.1) is 11.3 Å². The van der Waals surface area contributed by atoms with Gasteiger partial charge in [0.15, 0.2) is 17.5 Å². The fourth-order valence-electron chi connectivity index (χ4n) is 10.2. The normalized spacial score (nSPS) is 13.0. The number of rotatable bonds is 5. The Morgan fingerprint density at radius 3 is 1.31 bits per heavy atom.